The van der Waals surface area contributed by atoms with E-state index >= 15 is 0 Å². The Balaban J connectivity index is 2.16. The van der Waals surface area contributed by atoms with Crippen LogP contribution in [0.3, 0.4) is 0 Å². The van der Waals surface area contributed by atoms with Gasteiger partial charge in [0.05, 0.1) is 12.8 Å². The SMILES string of the molecule is CCOc1cncc(C2CCCC2CN)c1. The molecule has 1 saturated carbocycles. The first-order chi connectivity index (χ1) is 7.85. The average Bonchev–Trinajstić information content (AvgIpc) is 2.78. The van der Waals surface area contributed by atoms with E-state index in [1.807, 2.05) is 13.1 Å². The maximum Gasteiger partial charge on any atom is 0.137 e. The van der Waals surface area contributed by atoms with Gasteiger partial charge in [0.25, 0.3) is 0 Å². The molecule has 3 nitrogen and oxygen atoms in total. The van der Waals surface area contributed by atoms with E-state index in [2.05, 4.69) is 11.1 Å². The van der Waals surface area contributed by atoms with Gasteiger partial charge >= 0.3 is 0 Å². The van der Waals surface area contributed by atoms with Crippen LogP contribution in [0.2, 0.25) is 0 Å². The fourth-order valence-corrected chi connectivity index (χ4v) is 2.64. The van der Waals surface area contributed by atoms with Gasteiger partial charge in [0.15, 0.2) is 0 Å². The molecule has 2 unspecified atom stereocenters. The summed E-state index contributed by atoms with van der Waals surface area (Å²) < 4.78 is 5.48. The Morgan fingerprint density at radius 1 is 1.44 bits per heavy atom. The van der Waals surface area contributed by atoms with Crippen LogP contribution in [0, 0.1) is 5.92 Å². The lowest BCUT2D eigenvalue weighted by atomic mass is 9.90. The van der Waals surface area contributed by atoms with Crippen LogP contribution in [0.25, 0.3) is 0 Å². The highest BCUT2D eigenvalue weighted by molar-refractivity contribution is 5.27. The molecule has 1 aliphatic carbocycles. The largest absolute Gasteiger partial charge is 0.492 e. The summed E-state index contributed by atoms with van der Waals surface area (Å²) in [7, 11) is 0. The van der Waals surface area contributed by atoms with Crippen LogP contribution in [0.15, 0.2) is 18.5 Å². The van der Waals surface area contributed by atoms with Crippen molar-refractivity contribution in [3.05, 3.63) is 24.0 Å². The quantitative estimate of drug-likeness (QED) is 0.847. The summed E-state index contributed by atoms with van der Waals surface area (Å²) >= 11 is 0. The van der Waals surface area contributed by atoms with E-state index in [0.717, 1.165) is 12.3 Å². The van der Waals surface area contributed by atoms with Crippen LogP contribution in [0.5, 0.6) is 5.75 Å². The van der Waals surface area contributed by atoms with Gasteiger partial charge in [-0.2, -0.15) is 0 Å². The second-order valence-electron chi connectivity index (χ2n) is 4.42. The first-order valence-electron chi connectivity index (χ1n) is 6.13. The first kappa shape index (κ1) is 11.4. The Morgan fingerprint density at radius 2 is 2.31 bits per heavy atom. The highest BCUT2D eigenvalue weighted by Gasteiger charge is 2.27. The highest BCUT2D eigenvalue weighted by atomic mass is 16.5. The van der Waals surface area contributed by atoms with Gasteiger partial charge in [-0.15, -0.1) is 0 Å². The molecule has 0 spiro atoms. The molecule has 88 valence electrons. The second kappa shape index (κ2) is 5.30. The number of rotatable bonds is 4. The number of hydrogen-bond donors (Lipinski definition) is 1. The molecule has 1 heterocycles. The molecule has 3 heteroatoms. The molecule has 0 saturated heterocycles. The Morgan fingerprint density at radius 3 is 3.06 bits per heavy atom. The normalized spacial score (nSPS) is 24.6. The zero-order valence-corrected chi connectivity index (χ0v) is 9.86. The molecule has 2 rings (SSSR count). The van der Waals surface area contributed by atoms with Gasteiger partial charge in [0, 0.05) is 6.20 Å². The van der Waals surface area contributed by atoms with E-state index in [0.29, 0.717) is 18.4 Å². The predicted molar refractivity (Wildman–Crippen MR) is 64.5 cm³/mol. The first-order valence-corrected chi connectivity index (χ1v) is 6.13. The van der Waals surface area contributed by atoms with Crippen molar-refractivity contribution in [2.45, 2.75) is 32.1 Å². The molecule has 1 aliphatic rings. The zero-order valence-electron chi connectivity index (χ0n) is 9.86. The maximum absolute atomic E-state index is 5.81. The van der Waals surface area contributed by atoms with Crippen LogP contribution in [0.1, 0.15) is 37.7 Å². The molecule has 0 amide bonds. The minimum absolute atomic E-state index is 0.581. The smallest absolute Gasteiger partial charge is 0.137 e. The number of nitrogens with zero attached hydrogens (tertiary/aromatic N) is 1. The molecule has 0 aromatic carbocycles. The summed E-state index contributed by atoms with van der Waals surface area (Å²) in [6.07, 6.45) is 7.51. The van der Waals surface area contributed by atoms with Gasteiger partial charge in [-0.3, -0.25) is 4.98 Å². The fraction of sp³-hybridized carbons (Fsp3) is 0.615. The molecule has 0 bridgehead atoms. The molecule has 0 radical (unpaired) electrons. The summed E-state index contributed by atoms with van der Waals surface area (Å²) in [4.78, 5) is 4.25. The standard InChI is InChI=1S/C13H20N2O/c1-2-16-12-6-11(8-15-9-12)13-5-3-4-10(13)7-14/h6,8-10,13H,2-5,7,14H2,1H3. The average molecular weight is 220 g/mol. The zero-order chi connectivity index (χ0) is 11.4. The van der Waals surface area contributed by atoms with Gasteiger partial charge in [-0.1, -0.05) is 6.42 Å². The summed E-state index contributed by atoms with van der Waals surface area (Å²) in [6.45, 7) is 3.46. The van der Waals surface area contributed by atoms with Crippen molar-refractivity contribution < 1.29 is 4.74 Å². The molecule has 1 aromatic heterocycles. The van der Waals surface area contributed by atoms with Crippen molar-refractivity contribution in [2.24, 2.45) is 11.7 Å². The molecule has 1 aromatic rings. The minimum Gasteiger partial charge on any atom is -0.492 e. The van der Waals surface area contributed by atoms with Crippen LogP contribution >= 0.6 is 0 Å². The topological polar surface area (TPSA) is 48.1 Å². The molecular formula is C13H20N2O. The molecule has 2 N–H and O–H groups in total. The Bertz CT molecular complexity index is 340. The van der Waals surface area contributed by atoms with Gasteiger partial charge in [0.1, 0.15) is 5.75 Å². The Kier molecular flexibility index (Phi) is 3.78. The number of ether oxygens (including phenoxy) is 1. The highest BCUT2D eigenvalue weighted by Crippen LogP contribution is 2.39. The van der Waals surface area contributed by atoms with Crippen LogP contribution in [-0.4, -0.2) is 18.1 Å². The van der Waals surface area contributed by atoms with Crippen molar-refractivity contribution in [1.82, 2.24) is 4.98 Å². The van der Waals surface area contributed by atoms with E-state index in [4.69, 9.17) is 10.5 Å². The lowest BCUT2D eigenvalue weighted by molar-refractivity contribution is 0.337. The van der Waals surface area contributed by atoms with Gasteiger partial charge in [0.2, 0.25) is 0 Å². The number of aromatic nitrogens is 1. The van der Waals surface area contributed by atoms with Crippen LogP contribution in [-0.2, 0) is 0 Å². The predicted octanol–water partition coefficient (Wildman–Crippen LogP) is 2.32. The summed E-state index contributed by atoms with van der Waals surface area (Å²) in [5.41, 5.74) is 7.10. The Hall–Kier alpha value is -1.09. The van der Waals surface area contributed by atoms with Crippen molar-refractivity contribution >= 4 is 0 Å². The van der Waals surface area contributed by atoms with Crippen LogP contribution < -0.4 is 10.5 Å². The summed E-state index contributed by atoms with van der Waals surface area (Å²) in [6, 6.07) is 2.12. The number of hydrogen-bond acceptors (Lipinski definition) is 3. The molecule has 16 heavy (non-hydrogen) atoms. The van der Waals surface area contributed by atoms with E-state index in [1.165, 1.54) is 24.8 Å². The molecule has 2 atom stereocenters. The molecular weight excluding hydrogens is 200 g/mol. The summed E-state index contributed by atoms with van der Waals surface area (Å²) in [5, 5.41) is 0. The maximum atomic E-state index is 5.81. The Labute approximate surface area is 97.0 Å². The van der Waals surface area contributed by atoms with E-state index < -0.39 is 0 Å². The van der Waals surface area contributed by atoms with Gasteiger partial charge < -0.3 is 10.5 Å². The third kappa shape index (κ3) is 2.35. The van der Waals surface area contributed by atoms with Gasteiger partial charge in [-0.05, 0) is 49.8 Å². The third-order valence-electron chi connectivity index (χ3n) is 3.44. The van der Waals surface area contributed by atoms with E-state index in [1.54, 1.807) is 6.20 Å². The lowest BCUT2D eigenvalue weighted by Gasteiger charge is -2.18. The third-order valence-corrected chi connectivity index (χ3v) is 3.44. The van der Waals surface area contributed by atoms with E-state index in [9.17, 15) is 0 Å². The van der Waals surface area contributed by atoms with Crippen molar-refractivity contribution in [3.63, 3.8) is 0 Å². The second-order valence-corrected chi connectivity index (χ2v) is 4.42. The lowest BCUT2D eigenvalue weighted by Crippen LogP contribution is -2.17. The van der Waals surface area contributed by atoms with Crippen molar-refractivity contribution in [2.75, 3.05) is 13.2 Å². The van der Waals surface area contributed by atoms with Crippen molar-refractivity contribution in [3.8, 4) is 5.75 Å². The number of pyridine rings is 1. The van der Waals surface area contributed by atoms with Crippen molar-refractivity contribution in [1.29, 1.82) is 0 Å². The molecule has 0 aliphatic heterocycles. The minimum atomic E-state index is 0.581. The monoisotopic (exact) mass is 220 g/mol. The number of nitrogens with two attached hydrogens (primary N) is 1. The van der Waals surface area contributed by atoms with Gasteiger partial charge in [-0.25, -0.2) is 0 Å². The summed E-state index contributed by atoms with van der Waals surface area (Å²) in [5.74, 6) is 2.08. The van der Waals surface area contributed by atoms with Crippen LogP contribution in [0.4, 0.5) is 0 Å². The van der Waals surface area contributed by atoms with E-state index in [-0.39, 0.29) is 0 Å². The molecule has 1 fully saturated rings. The fourth-order valence-electron chi connectivity index (χ4n) is 2.64.